The van der Waals surface area contributed by atoms with Crippen molar-refractivity contribution in [1.82, 2.24) is 9.97 Å². The molecule has 1 heterocycles. The summed E-state index contributed by atoms with van der Waals surface area (Å²) in [7, 11) is 0. The van der Waals surface area contributed by atoms with Crippen molar-refractivity contribution in [3.63, 3.8) is 0 Å². The van der Waals surface area contributed by atoms with Crippen LogP contribution in [0.4, 0.5) is 5.69 Å². The lowest BCUT2D eigenvalue weighted by atomic mass is 10.1. The standard InChI is InChI=1S/C31H25N3.C2H6/c1-22-7-6-10-25(15-13-22)34(27-16-14-23-8-2-3-9-24(23)21-27)26-17-19-30-31(20-18-26)33-29-12-5-4-11-28(29)32-30;1-2/h2-19,21-22H,20H2,1H3;1-2H3. The lowest BCUT2D eigenvalue weighted by Gasteiger charge is -2.27. The molecule has 6 rings (SSSR count). The van der Waals surface area contributed by atoms with Crippen molar-refractivity contribution in [2.45, 2.75) is 27.2 Å². The molecule has 0 bridgehead atoms. The third-order valence-corrected chi connectivity index (χ3v) is 6.35. The van der Waals surface area contributed by atoms with Gasteiger partial charge < -0.3 is 4.90 Å². The number of rotatable bonds is 3. The van der Waals surface area contributed by atoms with Crippen LogP contribution in [0.2, 0.25) is 0 Å². The van der Waals surface area contributed by atoms with Gasteiger partial charge >= 0.3 is 0 Å². The fourth-order valence-corrected chi connectivity index (χ4v) is 4.54. The molecular formula is C33H31N3. The Kier molecular flexibility index (Phi) is 6.90. The van der Waals surface area contributed by atoms with E-state index in [4.69, 9.17) is 9.97 Å². The third-order valence-electron chi connectivity index (χ3n) is 6.35. The molecule has 0 amide bonds. The van der Waals surface area contributed by atoms with E-state index in [1.165, 1.54) is 10.8 Å². The van der Waals surface area contributed by atoms with Crippen LogP contribution in [0.25, 0.3) is 27.9 Å². The van der Waals surface area contributed by atoms with E-state index in [9.17, 15) is 0 Å². The molecule has 0 fully saturated rings. The minimum atomic E-state index is 0.399. The number of nitrogens with zero attached hydrogens (tertiary/aromatic N) is 3. The fraction of sp³-hybridized carbons (Fsp3) is 0.152. The lowest BCUT2D eigenvalue weighted by molar-refractivity contribution is 0.940. The predicted molar refractivity (Wildman–Crippen MR) is 154 cm³/mol. The van der Waals surface area contributed by atoms with E-state index in [-0.39, 0.29) is 0 Å². The summed E-state index contributed by atoms with van der Waals surface area (Å²) in [5, 5.41) is 2.46. The zero-order valence-corrected chi connectivity index (χ0v) is 21.1. The quantitative estimate of drug-likeness (QED) is 0.301. The molecule has 36 heavy (non-hydrogen) atoms. The number of anilines is 1. The molecule has 178 valence electrons. The number of aromatic nitrogens is 2. The van der Waals surface area contributed by atoms with Crippen molar-refractivity contribution in [2.75, 3.05) is 4.90 Å². The second-order valence-electron chi connectivity index (χ2n) is 8.77. The van der Waals surface area contributed by atoms with Gasteiger partial charge in [0.05, 0.1) is 22.4 Å². The van der Waals surface area contributed by atoms with Crippen LogP contribution in [-0.4, -0.2) is 9.97 Å². The van der Waals surface area contributed by atoms with Gasteiger partial charge in [0.1, 0.15) is 0 Å². The highest BCUT2D eigenvalue weighted by atomic mass is 15.2. The van der Waals surface area contributed by atoms with Gasteiger partial charge in [-0.3, -0.25) is 0 Å². The van der Waals surface area contributed by atoms with Crippen LogP contribution in [-0.2, 0) is 6.42 Å². The molecule has 0 saturated heterocycles. The van der Waals surface area contributed by atoms with Gasteiger partial charge in [-0.1, -0.05) is 87.5 Å². The van der Waals surface area contributed by atoms with E-state index in [0.717, 1.165) is 45.9 Å². The van der Waals surface area contributed by atoms with Gasteiger partial charge in [-0.2, -0.15) is 0 Å². The summed E-state index contributed by atoms with van der Waals surface area (Å²) in [6.45, 7) is 6.20. The van der Waals surface area contributed by atoms with Gasteiger partial charge in [0.2, 0.25) is 0 Å². The maximum Gasteiger partial charge on any atom is 0.0894 e. The lowest BCUT2D eigenvalue weighted by Crippen LogP contribution is -2.20. The largest absolute Gasteiger partial charge is 0.311 e. The third kappa shape index (κ3) is 4.78. The van der Waals surface area contributed by atoms with E-state index in [1.807, 2.05) is 38.1 Å². The van der Waals surface area contributed by atoms with Crippen LogP contribution in [0.1, 0.15) is 32.2 Å². The van der Waals surface area contributed by atoms with Gasteiger partial charge in [0.25, 0.3) is 0 Å². The second kappa shape index (κ2) is 10.6. The molecule has 1 unspecified atom stereocenters. The molecule has 0 saturated carbocycles. The van der Waals surface area contributed by atoms with Crippen molar-refractivity contribution < 1.29 is 0 Å². The molecule has 3 aromatic carbocycles. The Labute approximate surface area is 213 Å². The summed E-state index contributed by atoms with van der Waals surface area (Å²) in [5.41, 5.74) is 7.16. The number of hydrogen-bond donors (Lipinski definition) is 0. The van der Waals surface area contributed by atoms with Crippen LogP contribution in [0.3, 0.4) is 0 Å². The maximum atomic E-state index is 4.90. The molecule has 3 nitrogen and oxygen atoms in total. The molecule has 0 N–H and O–H groups in total. The Morgan fingerprint density at radius 1 is 0.750 bits per heavy atom. The van der Waals surface area contributed by atoms with Gasteiger partial charge in [-0.05, 0) is 65.3 Å². The Balaban J connectivity index is 0.00000130. The van der Waals surface area contributed by atoms with Gasteiger partial charge in [-0.15, -0.1) is 0 Å². The molecule has 4 aromatic rings. The average molecular weight is 470 g/mol. The monoisotopic (exact) mass is 469 g/mol. The zero-order valence-electron chi connectivity index (χ0n) is 21.1. The smallest absolute Gasteiger partial charge is 0.0894 e. The number of hydrogen-bond acceptors (Lipinski definition) is 3. The topological polar surface area (TPSA) is 29.0 Å². The number of para-hydroxylation sites is 2. The second-order valence-corrected chi connectivity index (χ2v) is 8.77. The SMILES string of the molecule is CC.CC1C=CC=C(N(C2=CCc3nc4ccccc4nc3C=C2)c2ccc3ccccc3c2)C=C1. The summed E-state index contributed by atoms with van der Waals surface area (Å²) in [4.78, 5) is 12.1. The summed E-state index contributed by atoms with van der Waals surface area (Å²) in [6, 6.07) is 23.2. The minimum Gasteiger partial charge on any atom is -0.311 e. The van der Waals surface area contributed by atoms with Gasteiger partial charge in [-0.25, -0.2) is 9.97 Å². The van der Waals surface area contributed by atoms with E-state index < -0.39 is 0 Å². The van der Waals surface area contributed by atoms with Crippen LogP contribution >= 0.6 is 0 Å². The molecule has 0 radical (unpaired) electrons. The normalized spacial score (nSPS) is 16.4. The van der Waals surface area contributed by atoms with E-state index in [0.29, 0.717) is 5.92 Å². The molecule has 0 aliphatic heterocycles. The molecule has 3 heteroatoms. The van der Waals surface area contributed by atoms with Crippen LogP contribution in [0.15, 0.2) is 121 Å². The molecular weight excluding hydrogens is 438 g/mol. The van der Waals surface area contributed by atoms with Crippen LogP contribution < -0.4 is 4.90 Å². The average Bonchev–Trinajstić information content (AvgIpc) is 3.27. The summed E-state index contributed by atoms with van der Waals surface area (Å²) >= 11 is 0. The van der Waals surface area contributed by atoms with E-state index in [2.05, 4.69) is 103 Å². The number of fused-ring (bicyclic) bond motifs is 3. The first-order chi connectivity index (χ1) is 17.7. The van der Waals surface area contributed by atoms with Crippen molar-refractivity contribution in [2.24, 2.45) is 5.92 Å². The Morgan fingerprint density at radius 3 is 2.33 bits per heavy atom. The summed E-state index contributed by atoms with van der Waals surface area (Å²) in [6.07, 6.45) is 18.3. The highest BCUT2D eigenvalue weighted by molar-refractivity contribution is 5.87. The van der Waals surface area contributed by atoms with Crippen molar-refractivity contribution in [3.05, 3.63) is 132 Å². The van der Waals surface area contributed by atoms with Gasteiger partial charge in [0, 0.05) is 23.5 Å². The number of benzene rings is 3. The minimum absolute atomic E-state index is 0.399. The fourth-order valence-electron chi connectivity index (χ4n) is 4.54. The molecule has 1 atom stereocenters. The predicted octanol–water partition coefficient (Wildman–Crippen LogP) is 8.42. The summed E-state index contributed by atoms with van der Waals surface area (Å²) < 4.78 is 0. The van der Waals surface area contributed by atoms with Crippen molar-refractivity contribution >= 4 is 33.6 Å². The highest BCUT2D eigenvalue weighted by Crippen LogP contribution is 2.32. The van der Waals surface area contributed by atoms with E-state index >= 15 is 0 Å². The van der Waals surface area contributed by atoms with Crippen molar-refractivity contribution in [3.8, 4) is 0 Å². The van der Waals surface area contributed by atoms with Crippen molar-refractivity contribution in [1.29, 1.82) is 0 Å². The first kappa shape index (κ1) is 23.5. The Hall–Kier alpha value is -4.24. The molecule has 0 spiro atoms. The zero-order chi connectivity index (χ0) is 24.9. The van der Waals surface area contributed by atoms with Crippen LogP contribution in [0.5, 0.6) is 0 Å². The molecule has 2 aliphatic rings. The molecule has 1 aromatic heterocycles. The molecule has 2 aliphatic carbocycles. The Morgan fingerprint density at radius 2 is 1.50 bits per heavy atom. The summed E-state index contributed by atoms with van der Waals surface area (Å²) in [5.74, 6) is 0.399. The van der Waals surface area contributed by atoms with Gasteiger partial charge in [0.15, 0.2) is 0 Å². The first-order valence-electron chi connectivity index (χ1n) is 12.7. The Bertz CT molecular complexity index is 1550. The number of allylic oxidation sites excluding steroid dienone is 7. The maximum absolute atomic E-state index is 4.90. The van der Waals surface area contributed by atoms with E-state index in [1.54, 1.807) is 0 Å². The highest BCUT2D eigenvalue weighted by Gasteiger charge is 2.18. The first-order valence-corrected chi connectivity index (χ1v) is 12.7. The van der Waals surface area contributed by atoms with Crippen LogP contribution in [0, 0.1) is 5.92 Å².